The molecule has 0 unspecified atom stereocenters. The predicted molar refractivity (Wildman–Crippen MR) is 74.0 cm³/mol. The van der Waals surface area contributed by atoms with Gasteiger partial charge in [0.05, 0.1) is 10.0 Å². The smallest absolute Gasteiger partial charge is 0.251 e. The van der Waals surface area contributed by atoms with E-state index in [9.17, 15) is 13.6 Å². The molecule has 20 heavy (non-hydrogen) atoms. The summed E-state index contributed by atoms with van der Waals surface area (Å²) >= 11 is 11.2. The van der Waals surface area contributed by atoms with Gasteiger partial charge in [-0.1, -0.05) is 29.3 Å². The van der Waals surface area contributed by atoms with Crippen LogP contribution in [0.5, 0.6) is 0 Å². The van der Waals surface area contributed by atoms with Crippen LogP contribution in [-0.2, 0) is 6.54 Å². The molecule has 0 fully saturated rings. The molecule has 6 heteroatoms. The Morgan fingerprint density at radius 3 is 2.20 bits per heavy atom. The highest BCUT2D eigenvalue weighted by molar-refractivity contribution is 6.31. The molecule has 0 aromatic heterocycles. The molecule has 0 radical (unpaired) electrons. The average Bonchev–Trinajstić information content (AvgIpc) is 2.43. The Morgan fingerprint density at radius 2 is 1.60 bits per heavy atom. The van der Waals surface area contributed by atoms with Crippen LogP contribution >= 0.6 is 23.2 Å². The fraction of sp³-hybridized carbons (Fsp3) is 0.0714. The predicted octanol–water partition coefficient (Wildman–Crippen LogP) is 4.20. The molecule has 0 aliphatic rings. The fourth-order valence-corrected chi connectivity index (χ4v) is 1.96. The monoisotopic (exact) mass is 315 g/mol. The highest BCUT2D eigenvalue weighted by atomic mass is 35.5. The standard InChI is InChI=1S/C14H9Cl2F2NO/c15-10-5-8(1-3-12(10)17)7-19-14(20)9-2-4-13(18)11(16)6-9/h1-6H,7H2,(H,19,20). The highest BCUT2D eigenvalue weighted by Crippen LogP contribution is 2.17. The van der Waals surface area contributed by atoms with Crippen LogP contribution in [-0.4, -0.2) is 5.91 Å². The summed E-state index contributed by atoms with van der Waals surface area (Å²) in [7, 11) is 0. The van der Waals surface area contributed by atoms with Gasteiger partial charge in [0.25, 0.3) is 5.91 Å². The Labute approximate surface area is 124 Å². The number of rotatable bonds is 3. The zero-order valence-corrected chi connectivity index (χ0v) is 11.6. The Kier molecular flexibility index (Phi) is 4.57. The minimum Gasteiger partial charge on any atom is -0.348 e. The van der Waals surface area contributed by atoms with E-state index < -0.39 is 17.5 Å². The van der Waals surface area contributed by atoms with Crippen molar-refractivity contribution in [2.24, 2.45) is 0 Å². The summed E-state index contributed by atoms with van der Waals surface area (Å²) in [6, 6.07) is 7.84. The fourth-order valence-electron chi connectivity index (χ4n) is 1.57. The largest absolute Gasteiger partial charge is 0.348 e. The number of nitrogens with one attached hydrogen (secondary N) is 1. The lowest BCUT2D eigenvalue weighted by Gasteiger charge is -2.07. The van der Waals surface area contributed by atoms with Crippen molar-refractivity contribution >= 4 is 29.1 Å². The van der Waals surface area contributed by atoms with Crippen molar-refractivity contribution in [1.82, 2.24) is 5.32 Å². The third-order valence-electron chi connectivity index (χ3n) is 2.62. The van der Waals surface area contributed by atoms with Gasteiger partial charge in [0.2, 0.25) is 0 Å². The minimum atomic E-state index is -0.589. The molecule has 2 rings (SSSR count). The second-order valence-corrected chi connectivity index (χ2v) is 4.87. The highest BCUT2D eigenvalue weighted by Gasteiger charge is 2.09. The molecule has 1 amide bonds. The summed E-state index contributed by atoms with van der Waals surface area (Å²) in [5, 5.41) is 2.47. The number of hydrogen-bond acceptors (Lipinski definition) is 1. The summed E-state index contributed by atoms with van der Waals surface area (Å²) in [5.74, 6) is -1.52. The van der Waals surface area contributed by atoms with E-state index in [2.05, 4.69) is 5.32 Å². The Morgan fingerprint density at radius 1 is 1.00 bits per heavy atom. The first-order valence-electron chi connectivity index (χ1n) is 5.64. The molecule has 0 aliphatic carbocycles. The van der Waals surface area contributed by atoms with E-state index >= 15 is 0 Å². The maximum absolute atomic E-state index is 13.0. The van der Waals surface area contributed by atoms with Gasteiger partial charge in [-0.25, -0.2) is 8.78 Å². The molecule has 104 valence electrons. The van der Waals surface area contributed by atoms with E-state index in [1.54, 1.807) is 0 Å². The number of benzene rings is 2. The average molecular weight is 316 g/mol. The molecule has 0 atom stereocenters. The van der Waals surface area contributed by atoms with Gasteiger partial charge >= 0.3 is 0 Å². The Hall–Kier alpha value is -1.65. The molecule has 0 heterocycles. The first-order valence-corrected chi connectivity index (χ1v) is 6.40. The molecule has 0 saturated carbocycles. The van der Waals surface area contributed by atoms with Gasteiger partial charge in [-0.05, 0) is 35.9 Å². The lowest BCUT2D eigenvalue weighted by molar-refractivity contribution is 0.0951. The number of carbonyl (C=O) groups excluding carboxylic acids is 1. The van der Waals surface area contributed by atoms with E-state index in [0.717, 1.165) is 6.07 Å². The second-order valence-electron chi connectivity index (χ2n) is 4.06. The van der Waals surface area contributed by atoms with Gasteiger partial charge in [-0.15, -0.1) is 0 Å². The summed E-state index contributed by atoms with van der Waals surface area (Å²) in [6.45, 7) is 0.174. The molecule has 1 N–H and O–H groups in total. The van der Waals surface area contributed by atoms with Crippen molar-refractivity contribution in [3.63, 3.8) is 0 Å². The van der Waals surface area contributed by atoms with Gasteiger partial charge in [0, 0.05) is 12.1 Å². The van der Waals surface area contributed by atoms with Crippen LogP contribution < -0.4 is 5.32 Å². The van der Waals surface area contributed by atoms with Crippen LogP contribution in [0.3, 0.4) is 0 Å². The van der Waals surface area contributed by atoms with E-state index in [0.29, 0.717) is 5.56 Å². The quantitative estimate of drug-likeness (QED) is 0.903. The molecule has 2 aromatic carbocycles. The number of carbonyl (C=O) groups is 1. The maximum atomic E-state index is 13.0. The van der Waals surface area contributed by atoms with E-state index in [1.165, 1.54) is 30.3 Å². The maximum Gasteiger partial charge on any atom is 0.251 e. The van der Waals surface area contributed by atoms with Gasteiger partial charge in [0.15, 0.2) is 0 Å². The third-order valence-corrected chi connectivity index (χ3v) is 3.20. The topological polar surface area (TPSA) is 29.1 Å². The van der Waals surface area contributed by atoms with E-state index in [4.69, 9.17) is 23.2 Å². The molecule has 2 nitrogen and oxygen atoms in total. The molecular weight excluding hydrogens is 307 g/mol. The van der Waals surface area contributed by atoms with Gasteiger partial charge in [-0.2, -0.15) is 0 Å². The minimum absolute atomic E-state index is 0.0124. The number of amides is 1. The SMILES string of the molecule is O=C(NCc1ccc(F)c(Cl)c1)c1ccc(F)c(Cl)c1. The van der Waals surface area contributed by atoms with Crippen LogP contribution in [0.1, 0.15) is 15.9 Å². The van der Waals surface area contributed by atoms with Gasteiger partial charge < -0.3 is 5.32 Å². The third kappa shape index (κ3) is 3.46. The molecular formula is C14H9Cl2F2NO. The molecule has 0 aliphatic heterocycles. The first-order chi connectivity index (χ1) is 9.47. The van der Waals surface area contributed by atoms with Crippen molar-refractivity contribution in [1.29, 1.82) is 0 Å². The first kappa shape index (κ1) is 14.8. The Bertz CT molecular complexity index is 662. The van der Waals surface area contributed by atoms with Crippen molar-refractivity contribution in [3.8, 4) is 0 Å². The number of halogens is 4. The van der Waals surface area contributed by atoms with Crippen LogP contribution in [0.4, 0.5) is 8.78 Å². The van der Waals surface area contributed by atoms with Crippen molar-refractivity contribution in [3.05, 3.63) is 69.2 Å². The van der Waals surface area contributed by atoms with E-state index in [1.807, 2.05) is 0 Å². The summed E-state index contributed by atoms with van der Waals surface area (Å²) in [4.78, 5) is 11.8. The van der Waals surface area contributed by atoms with Crippen LogP contribution in [0, 0.1) is 11.6 Å². The van der Waals surface area contributed by atoms with E-state index in [-0.39, 0.29) is 22.2 Å². The van der Waals surface area contributed by atoms with Crippen molar-refractivity contribution in [2.75, 3.05) is 0 Å². The summed E-state index contributed by atoms with van der Waals surface area (Å²) < 4.78 is 26.0. The zero-order valence-electron chi connectivity index (χ0n) is 10.1. The molecule has 0 bridgehead atoms. The van der Waals surface area contributed by atoms with Crippen molar-refractivity contribution < 1.29 is 13.6 Å². The normalized spacial score (nSPS) is 10.4. The zero-order chi connectivity index (χ0) is 14.7. The molecule has 2 aromatic rings. The van der Waals surface area contributed by atoms with Crippen LogP contribution in [0.25, 0.3) is 0 Å². The summed E-state index contributed by atoms with van der Waals surface area (Å²) in [6.07, 6.45) is 0. The van der Waals surface area contributed by atoms with Gasteiger partial charge in [0.1, 0.15) is 11.6 Å². The number of hydrogen-bond donors (Lipinski definition) is 1. The molecule has 0 saturated heterocycles. The second kappa shape index (κ2) is 6.20. The molecule has 0 spiro atoms. The van der Waals surface area contributed by atoms with Crippen LogP contribution in [0.15, 0.2) is 36.4 Å². The van der Waals surface area contributed by atoms with Crippen molar-refractivity contribution in [2.45, 2.75) is 6.54 Å². The van der Waals surface area contributed by atoms with Gasteiger partial charge in [-0.3, -0.25) is 4.79 Å². The lowest BCUT2D eigenvalue weighted by Crippen LogP contribution is -2.22. The Balaban J connectivity index is 2.04. The summed E-state index contributed by atoms with van der Waals surface area (Å²) in [5.41, 5.74) is 0.891. The lowest BCUT2D eigenvalue weighted by atomic mass is 10.2. The van der Waals surface area contributed by atoms with Crippen LogP contribution in [0.2, 0.25) is 10.0 Å².